The van der Waals surface area contributed by atoms with E-state index < -0.39 is 23.4 Å². The van der Waals surface area contributed by atoms with Crippen LogP contribution in [0.3, 0.4) is 0 Å². The summed E-state index contributed by atoms with van der Waals surface area (Å²) in [7, 11) is 1.58. The molecule has 0 bridgehead atoms. The highest BCUT2D eigenvalue weighted by molar-refractivity contribution is 6.16. The van der Waals surface area contributed by atoms with Crippen LogP contribution in [0.2, 0.25) is 0 Å². The highest BCUT2D eigenvalue weighted by Crippen LogP contribution is 2.62. The number of hydrogen-bond donors (Lipinski definition) is 1. The highest BCUT2D eigenvalue weighted by Gasteiger charge is 2.70. The monoisotopic (exact) mass is 582 g/mol. The molecule has 4 aromatic carbocycles. The number of ether oxygens (including phenoxy) is 1. The second-order valence-corrected chi connectivity index (χ2v) is 12.3. The third kappa shape index (κ3) is 4.12. The maximum absolute atomic E-state index is 15.0. The van der Waals surface area contributed by atoms with Crippen molar-refractivity contribution in [3.05, 3.63) is 137 Å². The smallest absolute Gasteiger partial charge is 0.238 e. The Morgan fingerprint density at radius 3 is 2.25 bits per heavy atom. The average Bonchev–Trinajstić information content (AvgIpc) is 3.52. The summed E-state index contributed by atoms with van der Waals surface area (Å²) in [5.74, 6) is -0.600. The number of para-hydroxylation sites is 1. The fourth-order valence-corrected chi connectivity index (χ4v) is 7.55. The van der Waals surface area contributed by atoms with Gasteiger partial charge in [-0.1, -0.05) is 80.6 Å². The number of ketones is 2. The van der Waals surface area contributed by atoms with Crippen molar-refractivity contribution in [2.75, 3.05) is 12.4 Å². The number of Topliss-reactive ketones (excluding diaryl/α,β-unsaturated/α-hetero) is 2. The van der Waals surface area contributed by atoms with Crippen molar-refractivity contribution in [1.29, 1.82) is 0 Å². The lowest BCUT2D eigenvalue weighted by Crippen LogP contribution is -2.49. The van der Waals surface area contributed by atoms with Gasteiger partial charge in [0, 0.05) is 23.0 Å². The summed E-state index contributed by atoms with van der Waals surface area (Å²) in [6.45, 7) is 4.32. The Morgan fingerprint density at radius 2 is 1.52 bits per heavy atom. The van der Waals surface area contributed by atoms with E-state index in [9.17, 15) is 14.4 Å². The Kier molecular flexibility index (Phi) is 6.73. The number of carbonyl (C=O) groups is 3. The molecule has 1 saturated heterocycles. The van der Waals surface area contributed by atoms with Crippen LogP contribution >= 0.6 is 0 Å². The number of carbonyl (C=O) groups excluding carboxylic acids is 3. The van der Waals surface area contributed by atoms with Crippen molar-refractivity contribution in [2.45, 2.75) is 37.8 Å². The molecule has 6 heteroatoms. The van der Waals surface area contributed by atoms with Gasteiger partial charge in [0.1, 0.15) is 17.2 Å². The van der Waals surface area contributed by atoms with Crippen LogP contribution in [0.4, 0.5) is 5.69 Å². The zero-order valence-corrected chi connectivity index (χ0v) is 25.0. The summed E-state index contributed by atoms with van der Waals surface area (Å²) in [5, 5.41) is 3.11. The first-order chi connectivity index (χ1) is 21.3. The standard InChI is InChI=1S/C38H34N2O4/c1-23(2)22-24-12-14-26(15-13-24)34(41)32-33(35(42)27-16-18-28(44-3)19-17-27)40-21-20-25-8-4-5-9-29(25)36(40)38(32)30-10-6-7-11-31(30)39-37(38)43/h4-21,23,32-33,36H,22H2,1-3H3,(H,39,43)/t32-,33+,36-,38+/m1/s1. The first-order valence-electron chi connectivity index (χ1n) is 15.1. The number of fused-ring (bicyclic) bond motifs is 6. The molecule has 44 heavy (non-hydrogen) atoms. The molecule has 1 spiro atoms. The second-order valence-electron chi connectivity index (χ2n) is 12.3. The number of anilines is 1. The van der Waals surface area contributed by atoms with E-state index in [-0.39, 0.29) is 17.5 Å². The van der Waals surface area contributed by atoms with Crippen LogP contribution in [0.25, 0.3) is 6.08 Å². The van der Waals surface area contributed by atoms with E-state index in [1.807, 2.05) is 90.0 Å². The summed E-state index contributed by atoms with van der Waals surface area (Å²) in [6, 6.07) is 28.6. The van der Waals surface area contributed by atoms with Crippen molar-refractivity contribution >= 4 is 29.2 Å². The van der Waals surface area contributed by atoms with Crippen LogP contribution in [-0.2, 0) is 16.6 Å². The Hall–Kier alpha value is -4.97. The largest absolute Gasteiger partial charge is 0.497 e. The van der Waals surface area contributed by atoms with Crippen LogP contribution in [0.15, 0.2) is 103 Å². The number of hydrogen-bond acceptors (Lipinski definition) is 5. The van der Waals surface area contributed by atoms with Gasteiger partial charge in [0.05, 0.1) is 19.1 Å². The van der Waals surface area contributed by atoms with E-state index in [0.29, 0.717) is 28.5 Å². The normalized spacial score (nSPS) is 22.9. The van der Waals surface area contributed by atoms with Gasteiger partial charge >= 0.3 is 0 Å². The van der Waals surface area contributed by atoms with Gasteiger partial charge in [0.25, 0.3) is 0 Å². The molecule has 0 unspecified atom stereocenters. The summed E-state index contributed by atoms with van der Waals surface area (Å²) in [4.78, 5) is 46.2. The lowest BCUT2D eigenvalue weighted by Gasteiger charge is -2.38. The molecule has 3 aliphatic rings. The molecule has 4 atom stereocenters. The summed E-state index contributed by atoms with van der Waals surface area (Å²) in [5.41, 5.74) is 4.03. The van der Waals surface area contributed by atoms with Gasteiger partial charge in [-0.3, -0.25) is 14.4 Å². The average molecular weight is 583 g/mol. The van der Waals surface area contributed by atoms with E-state index in [1.165, 1.54) is 0 Å². The zero-order chi connectivity index (χ0) is 30.6. The van der Waals surface area contributed by atoms with Gasteiger partial charge < -0.3 is 15.0 Å². The number of nitrogens with zero attached hydrogens (tertiary/aromatic N) is 1. The van der Waals surface area contributed by atoms with Gasteiger partial charge in [-0.2, -0.15) is 0 Å². The molecule has 220 valence electrons. The molecule has 1 amide bonds. The number of nitrogens with one attached hydrogen (secondary N) is 1. The molecule has 1 fully saturated rings. The first-order valence-corrected chi connectivity index (χ1v) is 15.1. The van der Waals surface area contributed by atoms with Gasteiger partial charge in [-0.15, -0.1) is 0 Å². The molecule has 4 aromatic rings. The van der Waals surface area contributed by atoms with Crippen molar-refractivity contribution < 1.29 is 19.1 Å². The fraction of sp³-hybridized carbons (Fsp3) is 0.237. The predicted octanol–water partition coefficient (Wildman–Crippen LogP) is 6.88. The first kappa shape index (κ1) is 27.8. The molecule has 1 N–H and O–H groups in total. The van der Waals surface area contributed by atoms with E-state index in [4.69, 9.17) is 4.74 Å². The third-order valence-electron chi connectivity index (χ3n) is 9.38. The van der Waals surface area contributed by atoms with Crippen molar-refractivity contribution in [3.63, 3.8) is 0 Å². The van der Waals surface area contributed by atoms with Gasteiger partial charge in [0.15, 0.2) is 11.6 Å². The summed E-state index contributed by atoms with van der Waals surface area (Å²) in [6.07, 6.45) is 4.77. The fourth-order valence-electron chi connectivity index (χ4n) is 7.55. The van der Waals surface area contributed by atoms with E-state index in [0.717, 1.165) is 28.7 Å². The molecule has 0 aromatic heterocycles. The molecule has 0 aliphatic carbocycles. The minimum atomic E-state index is -1.35. The SMILES string of the molecule is COc1ccc(C(=O)[C@@H]2[C@H](C(=O)c3ccc(CC(C)C)cc3)[C@]3(C(=O)Nc4ccccc43)[C@H]3c4ccccc4C=CN23)cc1. The Balaban J connectivity index is 1.47. The predicted molar refractivity (Wildman–Crippen MR) is 171 cm³/mol. The molecule has 3 heterocycles. The summed E-state index contributed by atoms with van der Waals surface area (Å²) >= 11 is 0. The molecule has 0 radical (unpaired) electrons. The number of methoxy groups -OCH3 is 1. The van der Waals surface area contributed by atoms with Crippen LogP contribution in [0.5, 0.6) is 5.75 Å². The van der Waals surface area contributed by atoms with Crippen molar-refractivity contribution in [2.24, 2.45) is 11.8 Å². The number of amides is 1. The topological polar surface area (TPSA) is 75.7 Å². The summed E-state index contributed by atoms with van der Waals surface area (Å²) < 4.78 is 5.34. The Labute approximate surface area is 257 Å². The van der Waals surface area contributed by atoms with Crippen LogP contribution in [0.1, 0.15) is 62.9 Å². The third-order valence-corrected chi connectivity index (χ3v) is 9.38. The maximum Gasteiger partial charge on any atom is 0.238 e. The highest BCUT2D eigenvalue weighted by atomic mass is 16.5. The van der Waals surface area contributed by atoms with Crippen molar-refractivity contribution in [3.8, 4) is 5.75 Å². The number of benzene rings is 4. The molecule has 0 saturated carbocycles. The van der Waals surface area contributed by atoms with Crippen LogP contribution in [0, 0.1) is 11.8 Å². The zero-order valence-electron chi connectivity index (χ0n) is 25.0. The lowest BCUT2D eigenvalue weighted by molar-refractivity contribution is -0.122. The number of rotatable bonds is 7. The molecular formula is C38H34N2O4. The van der Waals surface area contributed by atoms with Crippen molar-refractivity contribution in [1.82, 2.24) is 4.90 Å². The van der Waals surface area contributed by atoms with E-state index in [1.54, 1.807) is 31.4 Å². The van der Waals surface area contributed by atoms with Gasteiger partial charge in [0.2, 0.25) is 5.91 Å². The van der Waals surface area contributed by atoms with E-state index in [2.05, 4.69) is 19.2 Å². The quantitative estimate of drug-likeness (QED) is 0.241. The Morgan fingerprint density at radius 1 is 0.864 bits per heavy atom. The van der Waals surface area contributed by atoms with E-state index >= 15 is 0 Å². The van der Waals surface area contributed by atoms with Crippen LogP contribution < -0.4 is 10.1 Å². The Bertz CT molecular complexity index is 1810. The minimum Gasteiger partial charge on any atom is -0.497 e. The molecular weight excluding hydrogens is 548 g/mol. The van der Waals surface area contributed by atoms with Gasteiger partial charge in [-0.25, -0.2) is 0 Å². The molecule has 6 nitrogen and oxygen atoms in total. The molecule has 7 rings (SSSR count). The van der Waals surface area contributed by atoms with Gasteiger partial charge in [-0.05, 0) is 71.0 Å². The molecule has 3 aliphatic heterocycles. The lowest BCUT2D eigenvalue weighted by atomic mass is 9.62. The van der Waals surface area contributed by atoms with Crippen LogP contribution in [-0.4, -0.2) is 35.5 Å². The minimum absolute atomic E-state index is 0.217. The maximum atomic E-state index is 15.0. The second kappa shape index (κ2) is 10.6.